The van der Waals surface area contributed by atoms with Gasteiger partial charge in [-0.3, -0.25) is 9.48 Å². The van der Waals surface area contributed by atoms with Crippen molar-refractivity contribution >= 4 is 34.2 Å². The van der Waals surface area contributed by atoms with Gasteiger partial charge in [-0.15, -0.1) is 0 Å². The summed E-state index contributed by atoms with van der Waals surface area (Å²) in [5, 5.41) is 5.75. The molecule has 1 heterocycles. The Morgan fingerprint density at radius 3 is 2.60 bits per heavy atom. The van der Waals surface area contributed by atoms with Gasteiger partial charge in [-0.05, 0) is 34.7 Å². The maximum absolute atomic E-state index is 12.8. The first-order chi connectivity index (χ1) is 9.29. The van der Waals surface area contributed by atoms with Crippen LogP contribution in [0.3, 0.4) is 0 Å². The Balaban J connectivity index is 2.33. The van der Waals surface area contributed by atoms with E-state index < -0.39 is 23.3 Å². The van der Waals surface area contributed by atoms with Gasteiger partial charge >= 0.3 is 6.18 Å². The number of nitrogens with one attached hydrogen (secondary N) is 1. The molecule has 0 spiro atoms. The van der Waals surface area contributed by atoms with Crippen LogP contribution in [0.25, 0.3) is 0 Å². The van der Waals surface area contributed by atoms with Crippen LogP contribution in [0.1, 0.15) is 16.1 Å². The Morgan fingerprint density at radius 1 is 1.35 bits per heavy atom. The zero-order valence-electron chi connectivity index (χ0n) is 10.2. The highest BCUT2D eigenvalue weighted by Gasteiger charge is 2.39. The van der Waals surface area contributed by atoms with Crippen molar-refractivity contribution in [3.05, 3.63) is 45.3 Å². The number of carbonyl (C=O) groups excluding carboxylic acids is 1. The van der Waals surface area contributed by atoms with Crippen molar-refractivity contribution < 1.29 is 18.0 Å². The smallest absolute Gasteiger partial charge is 0.321 e. The Bertz CT molecular complexity index is 652. The lowest BCUT2D eigenvalue weighted by molar-refractivity contribution is -0.141. The lowest BCUT2D eigenvalue weighted by Crippen LogP contribution is -2.18. The second kappa shape index (κ2) is 5.43. The summed E-state index contributed by atoms with van der Waals surface area (Å²) in [5.41, 5.74) is -1.24. The molecule has 0 unspecified atom stereocenters. The molecule has 1 N–H and O–H groups in total. The molecule has 106 valence electrons. The fourth-order valence-electron chi connectivity index (χ4n) is 1.62. The zero-order chi connectivity index (χ0) is 14.9. The van der Waals surface area contributed by atoms with E-state index in [4.69, 9.17) is 0 Å². The first kappa shape index (κ1) is 14.8. The second-order valence-corrected chi connectivity index (χ2v) is 5.16. The van der Waals surface area contributed by atoms with Gasteiger partial charge < -0.3 is 5.32 Å². The fraction of sp³-hybridized carbons (Fsp3) is 0.167. The van der Waals surface area contributed by atoms with Gasteiger partial charge in [0.2, 0.25) is 0 Å². The molecule has 0 bridgehead atoms. The topological polar surface area (TPSA) is 46.9 Å². The highest BCUT2D eigenvalue weighted by molar-refractivity contribution is 14.1. The van der Waals surface area contributed by atoms with Gasteiger partial charge in [0, 0.05) is 16.8 Å². The van der Waals surface area contributed by atoms with E-state index in [-0.39, 0.29) is 0 Å². The van der Waals surface area contributed by atoms with Crippen LogP contribution in [0.2, 0.25) is 0 Å². The van der Waals surface area contributed by atoms with Crippen LogP contribution < -0.4 is 5.32 Å². The molecular formula is C12H9F3IN3O. The monoisotopic (exact) mass is 395 g/mol. The molecule has 20 heavy (non-hydrogen) atoms. The third-order valence-corrected chi connectivity index (χ3v) is 3.40. The average Bonchev–Trinajstić information content (AvgIpc) is 2.74. The molecule has 0 aliphatic carbocycles. The molecule has 0 atom stereocenters. The molecule has 4 nitrogen and oxygen atoms in total. The van der Waals surface area contributed by atoms with E-state index in [1.54, 1.807) is 24.3 Å². The van der Waals surface area contributed by atoms with Crippen molar-refractivity contribution in [1.82, 2.24) is 9.78 Å². The highest BCUT2D eigenvalue weighted by atomic mass is 127. The summed E-state index contributed by atoms with van der Waals surface area (Å²) in [5.74, 6) is -0.838. The van der Waals surface area contributed by atoms with Crippen LogP contribution >= 0.6 is 22.6 Å². The van der Waals surface area contributed by atoms with Crippen molar-refractivity contribution in [2.45, 2.75) is 6.18 Å². The average molecular weight is 395 g/mol. The third-order valence-electron chi connectivity index (χ3n) is 2.46. The van der Waals surface area contributed by atoms with Crippen LogP contribution in [0, 0.1) is 3.57 Å². The number of alkyl halides is 3. The Hall–Kier alpha value is -1.58. The Labute approximate surface area is 126 Å². The third kappa shape index (κ3) is 3.11. The van der Waals surface area contributed by atoms with Crippen molar-refractivity contribution in [2.75, 3.05) is 5.32 Å². The fourth-order valence-corrected chi connectivity index (χ4v) is 2.14. The second-order valence-electron chi connectivity index (χ2n) is 4.00. The normalized spacial score (nSPS) is 11.4. The molecule has 2 aromatic rings. The van der Waals surface area contributed by atoms with E-state index in [0.29, 0.717) is 5.69 Å². The summed E-state index contributed by atoms with van der Waals surface area (Å²) in [4.78, 5) is 12.0. The molecule has 0 aliphatic heterocycles. The van der Waals surface area contributed by atoms with Crippen LogP contribution in [0.5, 0.6) is 0 Å². The first-order valence-corrected chi connectivity index (χ1v) is 6.53. The van der Waals surface area contributed by atoms with E-state index in [9.17, 15) is 18.0 Å². The Kier molecular flexibility index (Phi) is 4.02. The molecule has 0 radical (unpaired) electrons. The molecule has 0 saturated carbocycles. The van der Waals surface area contributed by atoms with Gasteiger partial charge in [0.15, 0.2) is 5.69 Å². The van der Waals surface area contributed by atoms with E-state index in [0.717, 1.165) is 14.4 Å². The molecule has 1 amide bonds. The number of halogens is 4. The summed E-state index contributed by atoms with van der Waals surface area (Å²) < 4.78 is 40.0. The predicted molar refractivity (Wildman–Crippen MR) is 75.3 cm³/mol. The number of benzene rings is 1. The minimum Gasteiger partial charge on any atom is -0.321 e. The maximum Gasteiger partial charge on any atom is 0.435 e. The quantitative estimate of drug-likeness (QED) is 0.794. The van der Waals surface area contributed by atoms with Gasteiger partial charge in [-0.1, -0.05) is 12.1 Å². The SMILES string of the molecule is Cn1cc(C(=O)Nc2ccccc2I)c(C(F)(F)F)n1. The summed E-state index contributed by atoms with van der Waals surface area (Å²) in [6.45, 7) is 0. The lowest BCUT2D eigenvalue weighted by Gasteiger charge is -2.08. The number of para-hydroxylation sites is 1. The van der Waals surface area contributed by atoms with E-state index in [1.807, 2.05) is 22.6 Å². The number of aromatic nitrogens is 2. The molecule has 1 aromatic heterocycles. The molecule has 8 heteroatoms. The summed E-state index contributed by atoms with van der Waals surface area (Å²) in [6.07, 6.45) is -3.62. The minimum absolute atomic E-state index is 0.454. The number of carbonyl (C=O) groups is 1. The van der Waals surface area contributed by atoms with Crippen molar-refractivity contribution in [2.24, 2.45) is 7.05 Å². The number of rotatable bonds is 2. The van der Waals surface area contributed by atoms with Crippen molar-refractivity contribution in [3.8, 4) is 0 Å². The number of aryl methyl sites for hydroxylation is 1. The lowest BCUT2D eigenvalue weighted by atomic mass is 10.2. The van der Waals surface area contributed by atoms with Gasteiger partial charge in [0.05, 0.1) is 11.3 Å². The molecule has 0 saturated heterocycles. The molecule has 1 aromatic carbocycles. The van der Waals surface area contributed by atoms with E-state index in [1.165, 1.54) is 7.05 Å². The number of hydrogen-bond donors (Lipinski definition) is 1. The first-order valence-electron chi connectivity index (χ1n) is 5.46. The van der Waals surface area contributed by atoms with E-state index in [2.05, 4.69) is 10.4 Å². The summed E-state index contributed by atoms with van der Waals surface area (Å²) >= 11 is 1.99. The van der Waals surface area contributed by atoms with Gasteiger partial charge in [0.1, 0.15) is 0 Å². The van der Waals surface area contributed by atoms with Gasteiger partial charge in [-0.25, -0.2) is 0 Å². The number of amides is 1. The summed E-state index contributed by atoms with van der Waals surface area (Å²) in [6, 6.07) is 6.81. The summed E-state index contributed by atoms with van der Waals surface area (Å²) in [7, 11) is 1.33. The molecule has 0 aliphatic rings. The van der Waals surface area contributed by atoms with Gasteiger partial charge in [0.25, 0.3) is 5.91 Å². The minimum atomic E-state index is -4.67. The van der Waals surface area contributed by atoms with Crippen LogP contribution in [0.4, 0.5) is 18.9 Å². The van der Waals surface area contributed by atoms with Gasteiger partial charge in [-0.2, -0.15) is 18.3 Å². The number of nitrogens with zero attached hydrogens (tertiary/aromatic N) is 2. The van der Waals surface area contributed by atoms with Crippen molar-refractivity contribution in [3.63, 3.8) is 0 Å². The largest absolute Gasteiger partial charge is 0.435 e. The van der Waals surface area contributed by atoms with Crippen LogP contribution in [0.15, 0.2) is 30.5 Å². The number of hydrogen-bond acceptors (Lipinski definition) is 2. The number of anilines is 1. The molecule has 0 fully saturated rings. The van der Waals surface area contributed by atoms with E-state index >= 15 is 0 Å². The standard InChI is InChI=1S/C12H9F3IN3O/c1-19-6-7(10(18-19)12(13,14)15)11(20)17-9-5-3-2-4-8(9)16/h2-6H,1H3,(H,17,20). The highest BCUT2D eigenvalue weighted by Crippen LogP contribution is 2.31. The van der Waals surface area contributed by atoms with Crippen molar-refractivity contribution in [1.29, 1.82) is 0 Å². The molecular weight excluding hydrogens is 386 g/mol. The van der Waals surface area contributed by atoms with Crippen LogP contribution in [-0.2, 0) is 13.2 Å². The predicted octanol–water partition coefficient (Wildman–Crippen LogP) is 3.30. The zero-order valence-corrected chi connectivity index (χ0v) is 12.4. The Morgan fingerprint density at radius 2 is 2.00 bits per heavy atom. The molecule has 2 rings (SSSR count). The maximum atomic E-state index is 12.8. The van der Waals surface area contributed by atoms with Crippen LogP contribution in [-0.4, -0.2) is 15.7 Å².